The van der Waals surface area contributed by atoms with Crippen LogP contribution in [-0.4, -0.2) is 52.6 Å². The molecule has 0 bridgehead atoms. The van der Waals surface area contributed by atoms with E-state index in [1.54, 1.807) is 25.7 Å². The summed E-state index contributed by atoms with van der Waals surface area (Å²) in [6.07, 6.45) is 1.29. The Bertz CT molecular complexity index is 376. The van der Waals surface area contributed by atoms with Crippen molar-refractivity contribution >= 4 is 17.9 Å². The van der Waals surface area contributed by atoms with Crippen LogP contribution in [-0.2, 0) is 9.59 Å². The van der Waals surface area contributed by atoms with Crippen molar-refractivity contribution in [2.75, 3.05) is 13.1 Å². The fourth-order valence-electron chi connectivity index (χ4n) is 2.02. The summed E-state index contributed by atoms with van der Waals surface area (Å²) in [5.74, 6) is -1.42. The maximum Gasteiger partial charge on any atom is 0.321 e. The molecular formula is C12H21N3O4. The van der Waals surface area contributed by atoms with Crippen LogP contribution < -0.4 is 10.6 Å². The molecule has 0 aromatic heterocycles. The van der Waals surface area contributed by atoms with Gasteiger partial charge in [0, 0.05) is 5.54 Å². The highest BCUT2D eigenvalue weighted by Gasteiger charge is 2.31. The van der Waals surface area contributed by atoms with Gasteiger partial charge in [-0.1, -0.05) is 0 Å². The second kappa shape index (κ2) is 6.01. The van der Waals surface area contributed by atoms with Gasteiger partial charge in [0.05, 0.1) is 6.54 Å². The van der Waals surface area contributed by atoms with Gasteiger partial charge in [-0.25, -0.2) is 4.79 Å². The Labute approximate surface area is 112 Å². The van der Waals surface area contributed by atoms with Crippen molar-refractivity contribution in [3.63, 3.8) is 0 Å². The summed E-state index contributed by atoms with van der Waals surface area (Å²) in [6, 6.07) is -1.19. The monoisotopic (exact) mass is 271 g/mol. The van der Waals surface area contributed by atoms with Crippen molar-refractivity contribution in [3.8, 4) is 0 Å². The Morgan fingerprint density at radius 2 is 1.95 bits per heavy atom. The zero-order valence-electron chi connectivity index (χ0n) is 11.5. The molecule has 19 heavy (non-hydrogen) atoms. The maximum atomic E-state index is 11.7. The number of hydrogen-bond acceptors (Lipinski definition) is 4. The average molecular weight is 271 g/mol. The number of carboxylic acids is 1. The SMILES string of the molecule is CC(C)(C)NC(=O)NC(=O)CN1CCCC1C(=O)O. The number of carbonyl (C=O) groups excluding carboxylic acids is 2. The molecule has 0 aromatic carbocycles. The predicted molar refractivity (Wildman–Crippen MR) is 68.7 cm³/mol. The lowest BCUT2D eigenvalue weighted by Crippen LogP contribution is -2.51. The van der Waals surface area contributed by atoms with Crippen molar-refractivity contribution in [2.45, 2.75) is 45.2 Å². The van der Waals surface area contributed by atoms with E-state index in [4.69, 9.17) is 5.11 Å². The Morgan fingerprint density at radius 3 is 2.47 bits per heavy atom. The van der Waals surface area contributed by atoms with Gasteiger partial charge in [-0.05, 0) is 40.2 Å². The van der Waals surface area contributed by atoms with Crippen molar-refractivity contribution < 1.29 is 19.5 Å². The molecule has 1 atom stereocenters. The smallest absolute Gasteiger partial charge is 0.321 e. The number of rotatable bonds is 3. The minimum absolute atomic E-state index is 0.0749. The van der Waals surface area contributed by atoms with Crippen molar-refractivity contribution in [1.29, 1.82) is 0 Å². The number of nitrogens with one attached hydrogen (secondary N) is 2. The van der Waals surface area contributed by atoms with Crippen LogP contribution >= 0.6 is 0 Å². The van der Waals surface area contributed by atoms with Crippen LogP contribution in [0.15, 0.2) is 0 Å². The summed E-state index contributed by atoms with van der Waals surface area (Å²) < 4.78 is 0. The molecule has 7 heteroatoms. The molecule has 1 saturated heterocycles. The Hall–Kier alpha value is -1.63. The van der Waals surface area contributed by atoms with E-state index in [9.17, 15) is 14.4 Å². The molecule has 3 amide bonds. The van der Waals surface area contributed by atoms with Gasteiger partial charge in [-0.2, -0.15) is 0 Å². The number of amides is 3. The fraction of sp³-hybridized carbons (Fsp3) is 0.750. The van der Waals surface area contributed by atoms with Crippen molar-refractivity contribution in [3.05, 3.63) is 0 Å². The first-order chi connectivity index (χ1) is 8.69. The van der Waals surface area contributed by atoms with Crippen LogP contribution in [0.1, 0.15) is 33.6 Å². The number of imide groups is 1. The van der Waals surface area contributed by atoms with Crippen LogP contribution in [0.3, 0.4) is 0 Å². The van der Waals surface area contributed by atoms with E-state index in [1.165, 1.54) is 0 Å². The number of carbonyl (C=O) groups is 3. The molecule has 0 aliphatic carbocycles. The number of urea groups is 1. The van der Waals surface area contributed by atoms with Gasteiger partial charge in [0.1, 0.15) is 6.04 Å². The lowest BCUT2D eigenvalue weighted by atomic mass is 10.1. The molecule has 0 aromatic rings. The lowest BCUT2D eigenvalue weighted by Gasteiger charge is -2.22. The quantitative estimate of drug-likeness (QED) is 0.679. The van der Waals surface area contributed by atoms with Gasteiger partial charge in [-0.3, -0.25) is 19.8 Å². The normalized spacial score (nSPS) is 20.1. The van der Waals surface area contributed by atoms with E-state index in [2.05, 4.69) is 10.6 Å². The molecule has 1 aliphatic heterocycles. The van der Waals surface area contributed by atoms with Crippen LogP contribution in [0.2, 0.25) is 0 Å². The van der Waals surface area contributed by atoms with Gasteiger partial charge < -0.3 is 10.4 Å². The molecule has 1 unspecified atom stereocenters. The summed E-state index contributed by atoms with van der Waals surface area (Å²) in [5, 5.41) is 13.8. The predicted octanol–water partition coefficient (Wildman–Crippen LogP) is 0.160. The summed E-state index contributed by atoms with van der Waals surface area (Å²) in [6.45, 7) is 5.90. The van der Waals surface area contributed by atoms with Gasteiger partial charge in [-0.15, -0.1) is 0 Å². The molecule has 0 radical (unpaired) electrons. The van der Waals surface area contributed by atoms with Crippen molar-refractivity contribution in [1.82, 2.24) is 15.5 Å². The number of likely N-dealkylation sites (tertiary alicyclic amines) is 1. The van der Waals surface area contributed by atoms with Crippen LogP contribution in [0.25, 0.3) is 0 Å². The van der Waals surface area contributed by atoms with E-state index in [-0.39, 0.29) is 6.54 Å². The number of carboxylic acid groups (broad SMARTS) is 1. The molecular weight excluding hydrogens is 250 g/mol. The third-order valence-electron chi connectivity index (χ3n) is 2.74. The minimum atomic E-state index is -0.926. The van der Waals surface area contributed by atoms with Crippen LogP contribution in [0, 0.1) is 0 Å². The molecule has 0 saturated carbocycles. The largest absolute Gasteiger partial charge is 0.480 e. The Balaban J connectivity index is 2.43. The molecule has 1 rings (SSSR count). The number of nitrogens with zero attached hydrogens (tertiary/aromatic N) is 1. The topological polar surface area (TPSA) is 98.7 Å². The zero-order valence-corrected chi connectivity index (χ0v) is 11.5. The molecule has 1 heterocycles. The first kappa shape index (κ1) is 15.4. The van der Waals surface area contributed by atoms with Gasteiger partial charge in [0.15, 0.2) is 0 Å². The van der Waals surface area contributed by atoms with E-state index in [1.807, 2.05) is 0 Å². The fourth-order valence-corrected chi connectivity index (χ4v) is 2.02. The number of aliphatic carboxylic acids is 1. The highest BCUT2D eigenvalue weighted by atomic mass is 16.4. The van der Waals surface area contributed by atoms with E-state index in [0.717, 1.165) is 6.42 Å². The zero-order chi connectivity index (χ0) is 14.6. The third kappa shape index (κ3) is 5.25. The Kier molecular flexibility index (Phi) is 4.88. The minimum Gasteiger partial charge on any atom is -0.480 e. The first-order valence-electron chi connectivity index (χ1n) is 6.28. The summed E-state index contributed by atoms with van der Waals surface area (Å²) in [5.41, 5.74) is -0.429. The molecule has 3 N–H and O–H groups in total. The van der Waals surface area contributed by atoms with Gasteiger partial charge in [0.2, 0.25) is 5.91 Å². The summed E-state index contributed by atoms with van der Waals surface area (Å²) in [4.78, 5) is 35.7. The lowest BCUT2D eigenvalue weighted by molar-refractivity contribution is -0.142. The third-order valence-corrected chi connectivity index (χ3v) is 2.74. The molecule has 108 valence electrons. The second-order valence-electron chi connectivity index (χ2n) is 5.72. The maximum absolute atomic E-state index is 11.7. The Morgan fingerprint density at radius 1 is 1.32 bits per heavy atom. The summed E-state index contributed by atoms with van der Waals surface area (Å²) >= 11 is 0. The standard InChI is InChI=1S/C12H21N3O4/c1-12(2,3)14-11(19)13-9(16)7-15-6-4-5-8(15)10(17)18/h8H,4-7H2,1-3H3,(H,17,18)(H2,13,14,16,19). The van der Waals surface area contributed by atoms with E-state index >= 15 is 0 Å². The van der Waals surface area contributed by atoms with Gasteiger partial charge >= 0.3 is 12.0 Å². The van der Waals surface area contributed by atoms with E-state index in [0.29, 0.717) is 13.0 Å². The van der Waals surface area contributed by atoms with Crippen LogP contribution in [0.5, 0.6) is 0 Å². The molecule has 1 fully saturated rings. The molecule has 7 nitrogen and oxygen atoms in total. The highest BCUT2D eigenvalue weighted by Crippen LogP contribution is 2.16. The molecule has 0 spiro atoms. The second-order valence-corrected chi connectivity index (χ2v) is 5.72. The first-order valence-corrected chi connectivity index (χ1v) is 6.28. The average Bonchev–Trinajstić information content (AvgIpc) is 2.61. The molecule has 1 aliphatic rings. The summed E-state index contributed by atoms with van der Waals surface area (Å²) in [7, 11) is 0. The number of hydrogen-bond donors (Lipinski definition) is 3. The highest BCUT2D eigenvalue weighted by molar-refractivity contribution is 5.95. The van der Waals surface area contributed by atoms with Crippen molar-refractivity contribution in [2.24, 2.45) is 0 Å². The van der Waals surface area contributed by atoms with E-state index < -0.39 is 29.5 Å². The van der Waals surface area contributed by atoms with Crippen LogP contribution in [0.4, 0.5) is 4.79 Å². The van der Waals surface area contributed by atoms with Gasteiger partial charge in [0.25, 0.3) is 0 Å².